The first kappa shape index (κ1) is 17.9. The Kier molecular flexibility index (Phi) is 4.80. The van der Waals surface area contributed by atoms with E-state index in [1.165, 1.54) is 17.8 Å². The number of carbonyl (C=O) groups is 1. The molecule has 2 heterocycles. The standard InChI is InChI=1S/C19H16ClFN4OS/c1-2-10-27-19-23-18(26)16-11-6-3-4-9-14(11)22-17(25(16)24-19)15-12(20)7-5-8-13(15)21/h2-9,16-17,22H,1,10H2,(H,23,24,26). The highest BCUT2D eigenvalue weighted by atomic mass is 35.5. The normalized spacial score (nSPS) is 20.7. The lowest BCUT2D eigenvalue weighted by Crippen LogP contribution is -2.51. The molecule has 1 amide bonds. The summed E-state index contributed by atoms with van der Waals surface area (Å²) in [5.74, 6) is -0.0881. The van der Waals surface area contributed by atoms with E-state index in [1.54, 1.807) is 23.2 Å². The van der Waals surface area contributed by atoms with Crippen LogP contribution in [0.25, 0.3) is 0 Å². The number of nitrogens with zero attached hydrogens (tertiary/aromatic N) is 2. The number of carbonyl (C=O) groups excluding carboxylic acids is 1. The van der Waals surface area contributed by atoms with E-state index in [0.29, 0.717) is 10.9 Å². The zero-order valence-electron chi connectivity index (χ0n) is 14.2. The van der Waals surface area contributed by atoms with Gasteiger partial charge in [-0.2, -0.15) is 0 Å². The van der Waals surface area contributed by atoms with Crippen LogP contribution in [0.2, 0.25) is 5.02 Å². The van der Waals surface area contributed by atoms with E-state index in [0.717, 1.165) is 11.3 Å². The van der Waals surface area contributed by atoms with Gasteiger partial charge in [0, 0.05) is 17.0 Å². The lowest BCUT2D eigenvalue weighted by Gasteiger charge is -2.43. The molecule has 27 heavy (non-hydrogen) atoms. The van der Waals surface area contributed by atoms with E-state index < -0.39 is 18.0 Å². The highest BCUT2D eigenvalue weighted by Crippen LogP contribution is 2.44. The summed E-state index contributed by atoms with van der Waals surface area (Å²) in [6, 6.07) is 11.3. The smallest absolute Gasteiger partial charge is 0.255 e. The Balaban J connectivity index is 1.86. The predicted octanol–water partition coefficient (Wildman–Crippen LogP) is 4.27. The molecule has 138 valence electrons. The fourth-order valence-corrected chi connectivity index (χ4v) is 4.10. The van der Waals surface area contributed by atoms with Crippen molar-refractivity contribution in [3.05, 3.63) is 77.1 Å². The number of nitrogens with one attached hydrogen (secondary N) is 2. The van der Waals surface area contributed by atoms with Crippen LogP contribution < -0.4 is 10.6 Å². The molecule has 0 saturated heterocycles. The van der Waals surface area contributed by atoms with Crippen molar-refractivity contribution < 1.29 is 9.18 Å². The van der Waals surface area contributed by atoms with Crippen LogP contribution in [0.5, 0.6) is 0 Å². The lowest BCUT2D eigenvalue weighted by molar-refractivity contribution is -0.127. The summed E-state index contributed by atoms with van der Waals surface area (Å²) in [5.41, 5.74) is 1.77. The largest absolute Gasteiger partial charge is 0.360 e. The summed E-state index contributed by atoms with van der Waals surface area (Å²) in [6.07, 6.45) is 1.00. The Morgan fingerprint density at radius 1 is 1.30 bits per heavy atom. The first-order valence-electron chi connectivity index (χ1n) is 8.31. The summed E-state index contributed by atoms with van der Waals surface area (Å²) in [4.78, 5) is 12.9. The van der Waals surface area contributed by atoms with Gasteiger partial charge in [0.25, 0.3) is 5.91 Å². The number of amides is 1. The lowest BCUT2D eigenvalue weighted by atomic mass is 9.97. The van der Waals surface area contributed by atoms with Crippen molar-refractivity contribution in [2.24, 2.45) is 5.10 Å². The third-order valence-electron chi connectivity index (χ3n) is 4.37. The third kappa shape index (κ3) is 3.17. The van der Waals surface area contributed by atoms with E-state index >= 15 is 0 Å². The van der Waals surface area contributed by atoms with Gasteiger partial charge in [0.15, 0.2) is 11.2 Å². The van der Waals surface area contributed by atoms with Gasteiger partial charge in [-0.25, -0.2) is 4.39 Å². The Hall–Kier alpha value is -2.51. The number of rotatable bonds is 3. The zero-order chi connectivity index (χ0) is 19.0. The van der Waals surface area contributed by atoms with E-state index in [2.05, 4.69) is 22.3 Å². The maximum absolute atomic E-state index is 14.6. The van der Waals surface area contributed by atoms with Crippen LogP contribution in [0.15, 0.2) is 60.2 Å². The molecule has 8 heteroatoms. The Morgan fingerprint density at radius 3 is 2.89 bits per heavy atom. The molecule has 2 unspecified atom stereocenters. The van der Waals surface area contributed by atoms with Gasteiger partial charge in [0.1, 0.15) is 12.0 Å². The molecular formula is C19H16ClFN4OS. The molecular weight excluding hydrogens is 387 g/mol. The average molecular weight is 403 g/mol. The van der Waals surface area contributed by atoms with Gasteiger partial charge in [0.2, 0.25) is 0 Å². The molecule has 2 aliphatic rings. The van der Waals surface area contributed by atoms with Crippen LogP contribution >= 0.6 is 23.4 Å². The van der Waals surface area contributed by atoms with Crippen molar-refractivity contribution in [2.45, 2.75) is 12.2 Å². The molecule has 2 N–H and O–H groups in total. The van der Waals surface area contributed by atoms with Crippen LogP contribution in [0.1, 0.15) is 23.3 Å². The second-order valence-electron chi connectivity index (χ2n) is 6.05. The monoisotopic (exact) mass is 402 g/mol. The van der Waals surface area contributed by atoms with Crippen LogP contribution in [-0.2, 0) is 4.79 Å². The fraction of sp³-hybridized carbons (Fsp3) is 0.158. The molecule has 0 fully saturated rings. The first-order valence-corrected chi connectivity index (χ1v) is 9.67. The summed E-state index contributed by atoms with van der Waals surface area (Å²) >= 11 is 7.65. The Bertz CT molecular complexity index is 931. The molecule has 0 aromatic heterocycles. The first-order chi connectivity index (χ1) is 13.1. The number of fused-ring (bicyclic) bond motifs is 3. The molecule has 0 radical (unpaired) electrons. The molecule has 4 rings (SSSR count). The van der Waals surface area contributed by atoms with Gasteiger partial charge in [-0.1, -0.05) is 53.7 Å². The number of hydrogen-bond acceptors (Lipinski definition) is 5. The van der Waals surface area contributed by atoms with E-state index in [1.807, 2.05) is 24.3 Å². The minimum atomic E-state index is -0.719. The van der Waals surface area contributed by atoms with Crippen LogP contribution in [0, 0.1) is 5.82 Å². The van der Waals surface area contributed by atoms with Crippen molar-refractivity contribution in [1.29, 1.82) is 0 Å². The number of benzene rings is 2. The van der Waals surface area contributed by atoms with Crippen molar-refractivity contribution in [1.82, 2.24) is 10.3 Å². The van der Waals surface area contributed by atoms with Gasteiger partial charge in [-0.05, 0) is 18.2 Å². The minimum absolute atomic E-state index is 0.219. The molecule has 2 aliphatic heterocycles. The number of thioether (sulfide) groups is 1. The Labute approximate surface area is 165 Å². The van der Waals surface area contributed by atoms with Gasteiger partial charge in [-0.15, -0.1) is 11.7 Å². The van der Waals surface area contributed by atoms with Gasteiger partial charge < -0.3 is 10.6 Å². The van der Waals surface area contributed by atoms with Crippen molar-refractivity contribution >= 4 is 40.1 Å². The second kappa shape index (κ2) is 7.25. The third-order valence-corrected chi connectivity index (χ3v) is 5.56. The molecule has 0 saturated carbocycles. The topological polar surface area (TPSA) is 56.7 Å². The fourth-order valence-electron chi connectivity index (χ4n) is 3.23. The number of hydrazone groups is 1. The molecule has 0 bridgehead atoms. The summed E-state index contributed by atoms with van der Waals surface area (Å²) in [7, 11) is 0. The molecule has 2 aromatic carbocycles. The second-order valence-corrected chi connectivity index (χ2v) is 7.46. The summed E-state index contributed by atoms with van der Waals surface area (Å²) in [6.45, 7) is 3.68. The SMILES string of the molecule is C=CCSC1=NN2C(c3c(F)cccc3Cl)Nc3ccccc3C2C(=O)N1. The van der Waals surface area contributed by atoms with Crippen LogP contribution in [0.3, 0.4) is 0 Å². The van der Waals surface area contributed by atoms with E-state index in [9.17, 15) is 9.18 Å². The van der Waals surface area contributed by atoms with Gasteiger partial charge in [-0.3, -0.25) is 9.80 Å². The number of hydrogen-bond donors (Lipinski definition) is 2. The molecule has 2 atom stereocenters. The maximum Gasteiger partial charge on any atom is 0.255 e. The highest BCUT2D eigenvalue weighted by Gasteiger charge is 2.43. The van der Waals surface area contributed by atoms with Gasteiger partial charge >= 0.3 is 0 Å². The molecule has 0 spiro atoms. The van der Waals surface area contributed by atoms with E-state index in [4.69, 9.17) is 11.6 Å². The Morgan fingerprint density at radius 2 is 2.11 bits per heavy atom. The van der Waals surface area contributed by atoms with Crippen LogP contribution in [0.4, 0.5) is 10.1 Å². The number of halogens is 2. The van der Waals surface area contributed by atoms with Crippen LogP contribution in [-0.4, -0.2) is 21.8 Å². The average Bonchev–Trinajstić information content (AvgIpc) is 2.66. The predicted molar refractivity (Wildman–Crippen MR) is 107 cm³/mol. The van der Waals surface area contributed by atoms with E-state index in [-0.39, 0.29) is 16.5 Å². The quantitative estimate of drug-likeness (QED) is 0.753. The van der Waals surface area contributed by atoms with Crippen molar-refractivity contribution in [3.63, 3.8) is 0 Å². The number of amidine groups is 1. The zero-order valence-corrected chi connectivity index (χ0v) is 15.7. The molecule has 5 nitrogen and oxygen atoms in total. The maximum atomic E-state index is 14.6. The summed E-state index contributed by atoms with van der Waals surface area (Å²) < 4.78 is 14.6. The number of anilines is 1. The minimum Gasteiger partial charge on any atom is -0.360 e. The summed E-state index contributed by atoms with van der Waals surface area (Å²) in [5, 5.41) is 13.0. The molecule has 0 aliphatic carbocycles. The number of para-hydroxylation sites is 1. The van der Waals surface area contributed by atoms with Gasteiger partial charge in [0.05, 0.1) is 10.6 Å². The van der Waals surface area contributed by atoms with Crippen molar-refractivity contribution in [3.8, 4) is 0 Å². The van der Waals surface area contributed by atoms with Crippen molar-refractivity contribution in [2.75, 3.05) is 11.1 Å². The highest BCUT2D eigenvalue weighted by molar-refractivity contribution is 8.14. The molecule has 2 aromatic rings.